The van der Waals surface area contributed by atoms with E-state index in [1.165, 1.54) is 17.9 Å². The zero-order valence-electron chi connectivity index (χ0n) is 12.9. The minimum absolute atomic E-state index is 0.146. The molecule has 9 heteroatoms. The number of nitrogens with zero attached hydrogens (tertiary/aromatic N) is 1. The molecule has 1 fully saturated rings. The number of carboxylic acid groups (broad SMARTS) is 1. The molecule has 2 rings (SSSR count). The third kappa shape index (κ3) is 3.91. The van der Waals surface area contributed by atoms with Gasteiger partial charge in [0.2, 0.25) is 5.91 Å². The number of thiophene rings is 1. The van der Waals surface area contributed by atoms with Crippen LogP contribution in [-0.2, 0) is 19.6 Å². The summed E-state index contributed by atoms with van der Waals surface area (Å²) in [5.74, 6) is -1.95. The van der Waals surface area contributed by atoms with Crippen LogP contribution in [0.25, 0.3) is 0 Å². The molecule has 2 N–H and O–H groups in total. The molecule has 0 bridgehead atoms. The number of amides is 1. The molecule has 23 heavy (non-hydrogen) atoms. The number of nitrogens with one attached hydrogen (secondary N) is 1. The number of hydrogen-bond acceptors (Lipinski definition) is 5. The second-order valence-corrected chi connectivity index (χ2v) is 8.52. The Morgan fingerprint density at radius 2 is 2.17 bits per heavy atom. The van der Waals surface area contributed by atoms with Crippen molar-refractivity contribution in [3.05, 3.63) is 17.5 Å². The van der Waals surface area contributed by atoms with Gasteiger partial charge in [-0.1, -0.05) is 6.07 Å². The van der Waals surface area contributed by atoms with E-state index in [1.807, 2.05) is 0 Å². The smallest absolute Gasteiger partial charge is 0.308 e. The third-order valence-electron chi connectivity index (χ3n) is 4.05. The molecule has 0 radical (unpaired) electrons. The Bertz CT molecular complexity index is 671. The molecule has 0 aliphatic carbocycles. The molecule has 7 nitrogen and oxygen atoms in total. The van der Waals surface area contributed by atoms with Crippen LogP contribution in [0.2, 0.25) is 0 Å². The number of likely N-dealkylation sites (tertiary alicyclic amines) is 1. The standard InChI is InChI=1S/C14H20N2O5S2/c1-9(15-23(20,21)12-6-4-8-22-12)13(17)16-7-3-5-11(10(16)2)14(18)19/h4,6,8-11,15H,3,5,7H2,1-2H3,(H,18,19)/t9?,10-,11-/m0/s1. The molecule has 0 aromatic carbocycles. The Morgan fingerprint density at radius 1 is 1.48 bits per heavy atom. The molecular weight excluding hydrogens is 340 g/mol. The first-order valence-electron chi connectivity index (χ1n) is 7.33. The Labute approximate surface area is 139 Å². The molecule has 1 aromatic rings. The molecule has 0 spiro atoms. The van der Waals surface area contributed by atoms with Crippen LogP contribution in [0.1, 0.15) is 26.7 Å². The molecule has 2 heterocycles. The average Bonchev–Trinajstić information content (AvgIpc) is 3.01. The van der Waals surface area contributed by atoms with E-state index in [4.69, 9.17) is 0 Å². The number of carboxylic acids is 1. The van der Waals surface area contributed by atoms with Gasteiger partial charge in [0.1, 0.15) is 4.21 Å². The van der Waals surface area contributed by atoms with E-state index in [0.29, 0.717) is 19.4 Å². The number of sulfonamides is 1. The predicted octanol–water partition coefficient (Wildman–Crippen LogP) is 1.13. The van der Waals surface area contributed by atoms with Crippen LogP contribution in [-0.4, -0.2) is 48.9 Å². The summed E-state index contributed by atoms with van der Waals surface area (Å²) >= 11 is 1.07. The van der Waals surface area contributed by atoms with Crippen LogP contribution in [0.4, 0.5) is 0 Å². The summed E-state index contributed by atoms with van der Waals surface area (Å²) in [4.78, 5) is 25.2. The highest BCUT2D eigenvalue weighted by atomic mass is 32.2. The normalized spacial score (nSPS) is 23.5. The van der Waals surface area contributed by atoms with Gasteiger partial charge in [-0.15, -0.1) is 11.3 Å². The fourth-order valence-corrected chi connectivity index (χ4v) is 5.00. The van der Waals surface area contributed by atoms with Crippen molar-refractivity contribution in [3.8, 4) is 0 Å². The van der Waals surface area contributed by atoms with Crippen LogP contribution in [0, 0.1) is 5.92 Å². The molecule has 3 atom stereocenters. The summed E-state index contributed by atoms with van der Waals surface area (Å²) in [6.07, 6.45) is 1.12. The van der Waals surface area contributed by atoms with Crippen molar-refractivity contribution in [1.29, 1.82) is 0 Å². The maximum absolute atomic E-state index is 12.5. The van der Waals surface area contributed by atoms with Crippen LogP contribution in [0.3, 0.4) is 0 Å². The Balaban J connectivity index is 2.09. The van der Waals surface area contributed by atoms with Gasteiger partial charge in [0.25, 0.3) is 10.0 Å². The second-order valence-electron chi connectivity index (χ2n) is 5.63. The number of aliphatic carboxylic acids is 1. The largest absolute Gasteiger partial charge is 0.481 e. The van der Waals surface area contributed by atoms with Gasteiger partial charge in [-0.25, -0.2) is 8.42 Å². The minimum atomic E-state index is -3.74. The number of carbonyl (C=O) groups excluding carboxylic acids is 1. The maximum atomic E-state index is 12.5. The highest BCUT2D eigenvalue weighted by Gasteiger charge is 2.37. The van der Waals surface area contributed by atoms with E-state index >= 15 is 0 Å². The fourth-order valence-electron chi connectivity index (χ4n) is 2.79. The van der Waals surface area contributed by atoms with Crippen LogP contribution >= 0.6 is 11.3 Å². The van der Waals surface area contributed by atoms with Gasteiger partial charge in [0.05, 0.1) is 12.0 Å². The van der Waals surface area contributed by atoms with Crippen LogP contribution < -0.4 is 4.72 Å². The van der Waals surface area contributed by atoms with Gasteiger partial charge in [0, 0.05) is 12.6 Å². The van der Waals surface area contributed by atoms with Crippen molar-refractivity contribution >= 4 is 33.2 Å². The molecule has 1 amide bonds. The lowest BCUT2D eigenvalue weighted by molar-refractivity contribution is -0.149. The Kier molecular flexibility index (Phi) is 5.43. The van der Waals surface area contributed by atoms with Crippen LogP contribution in [0.15, 0.2) is 21.7 Å². The number of hydrogen-bond donors (Lipinski definition) is 2. The van der Waals surface area contributed by atoms with E-state index in [9.17, 15) is 23.1 Å². The lowest BCUT2D eigenvalue weighted by atomic mass is 9.90. The number of rotatable bonds is 5. The van der Waals surface area contributed by atoms with Gasteiger partial charge in [-0.2, -0.15) is 4.72 Å². The molecule has 1 aliphatic heterocycles. The van der Waals surface area contributed by atoms with Gasteiger partial charge in [-0.05, 0) is 38.1 Å². The second kappa shape index (κ2) is 6.98. The molecule has 1 saturated heterocycles. The molecule has 128 valence electrons. The summed E-state index contributed by atoms with van der Waals surface area (Å²) in [6, 6.07) is 1.68. The van der Waals surface area contributed by atoms with Crippen LogP contribution in [0.5, 0.6) is 0 Å². The number of carbonyl (C=O) groups is 2. The minimum Gasteiger partial charge on any atom is -0.481 e. The molecular formula is C14H20N2O5S2. The summed E-state index contributed by atoms with van der Waals surface area (Å²) in [5, 5.41) is 10.9. The van der Waals surface area contributed by atoms with Gasteiger partial charge in [0.15, 0.2) is 0 Å². The van der Waals surface area contributed by atoms with Gasteiger partial charge < -0.3 is 10.0 Å². The van der Waals surface area contributed by atoms with Crippen molar-refractivity contribution < 1.29 is 23.1 Å². The highest BCUT2D eigenvalue weighted by molar-refractivity contribution is 7.91. The van der Waals surface area contributed by atoms with Gasteiger partial charge in [-0.3, -0.25) is 9.59 Å². The Morgan fingerprint density at radius 3 is 2.74 bits per heavy atom. The lowest BCUT2D eigenvalue weighted by Crippen LogP contribution is -2.54. The third-order valence-corrected chi connectivity index (χ3v) is 6.99. The van der Waals surface area contributed by atoms with E-state index in [2.05, 4.69) is 4.72 Å². The monoisotopic (exact) mass is 360 g/mol. The quantitative estimate of drug-likeness (QED) is 0.819. The lowest BCUT2D eigenvalue weighted by Gasteiger charge is -2.38. The zero-order chi connectivity index (χ0) is 17.2. The first-order valence-corrected chi connectivity index (χ1v) is 9.69. The number of piperidine rings is 1. The van der Waals surface area contributed by atoms with Crippen molar-refractivity contribution in [3.63, 3.8) is 0 Å². The van der Waals surface area contributed by atoms with Crippen molar-refractivity contribution in [2.45, 2.75) is 43.0 Å². The summed E-state index contributed by atoms with van der Waals surface area (Å²) in [7, 11) is -3.74. The topological polar surface area (TPSA) is 104 Å². The average molecular weight is 360 g/mol. The molecule has 0 saturated carbocycles. The van der Waals surface area contributed by atoms with Crippen molar-refractivity contribution in [2.75, 3.05) is 6.54 Å². The summed E-state index contributed by atoms with van der Waals surface area (Å²) in [5.41, 5.74) is 0. The summed E-state index contributed by atoms with van der Waals surface area (Å²) in [6.45, 7) is 3.61. The first kappa shape index (κ1) is 17.9. The zero-order valence-corrected chi connectivity index (χ0v) is 14.6. The van der Waals surface area contributed by atoms with Gasteiger partial charge >= 0.3 is 5.97 Å². The van der Waals surface area contributed by atoms with E-state index in [-0.39, 0.29) is 4.21 Å². The molecule has 1 aliphatic rings. The Hall–Kier alpha value is -1.45. The SMILES string of the molecule is CC(NS(=O)(=O)c1cccs1)C(=O)N1CCC[C@H](C(=O)O)[C@@H]1C. The summed E-state index contributed by atoms with van der Waals surface area (Å²) < 4.78 is 26.9. The predicted molar refractivity (Wildman–Crippen MR) is 85.6 cm³/mol. The first-order chi connectivity index (χ1) is 10.7. The maximum Gasteiger partial charge on any atom is 0.308 e. The fraction of sp³-hybridized carbons (Fsp3) is 0.571. The molecule has 1 aromatic heterocycles. The molecule has 1 unspecified atom stereocenters. The van der Waals surface area contributed by atoms with Crippen molar-refractivity contribution in [1.82, 2.24) is 9.62 Å². The van der Waals surface area contributed by atoms with E-state index in [1.54, 1.807) is 18.4 Å². The van der Waals surface area contributed by atoms with E-state index < -0.39 is 39.9 Å². The van der Waals surface area contributed by atoms with Crippen molar-refractivity contribution in [2.24, 2.45) is 5.92 Å². The van der Waals surface area contributed by atoms with E-state index in [0.717, 1.165) is 11.3 Å². The highest BCUT2D eigenvalue weighted by Crippen LogP contribution is 2.24.